The molecule has 0 radical (unpaired) electrons. The third-order valence-electron chi connectivity index (χ3n) is 2.87. The molecule has 0 aliphatic rings. The molecule has 2 aromatic rings. The van der Waals surface area contributed by atoms with Crippen LogP contribution < -0.4 is 0 Å². The van der Waals surface area contributed by atoms with Gasteiger partial charge in [-0.3, -0.25) is 0 Å². The van der Waals surface area contributed by atoms with Gasteiger partial charge in [0.2, 0.25) is 0 Å². The molecule has 0 unspecified atom stereocenters. The topological polar surface area (TPSA) is 16.1 Å². The number of benzene rings is 1. The molecule has 0 N–H and O–H groups in total. The fraction of sp³-hybridized carbons (Fsp3) is 0.438. The van der Waals surface area contributed by atoms with Crippen LogP contribution in [0.2, 0.25) is 0 Å². The average molecular weight is 274 g/mol. The minimum atomic E-state index is 0.129. The van der Waals surface area contributed by atoms with Crippen LogP contribution in [0.15, 0.2) is 29.6 Å². The lowest BCUT2D eigenvalue weighted by atomic mass is 9.98. The van der Waals surface area contributed by atoms with Crippen LogP contribution in [-0.4, -0.2) is 24.0 Å². The summed E-state index contributed by atoms with van der Waals surface area (Å²) in [7, 11) is 4.18. The molecule has 0 aliphatic carbocycles. The van der Waals surface area contributed by atoms with Gasteiger partial charge in [0.1, 0.15) is 0 Å². The molecule has 2 nitrogen and oxygen atoms in total. The Morgan fingerprint density at radius 1 is 1.21 bits per heavy atom. The van der Waals surface area contributed by atoms with Crippen molar-refractivity contribution in [2.75, 3.05) is 14.1 Å². The third kappa shape index (κ3) is 3.64. The monoisotopic (exact) mass is 274 g/mol. The summed E-state index contributed by atoms with van der Waals surface area (Å²) in [4.78, 5) is 6.96. The van der Waals surface area contributed by atoms with Crippen LogP contribution in [-0.2, 0) is 12.0 Å². The minimum absolute atomic E-state index is 0.129. The molecule has 19 heavy (non-hydrogen) atoms. The van der Waals surface area contributed by atoms with E-state index >= 15 is 0 Å². The fourth-order valence-corrected chi connectivity index (χ4v) is 2.86. The predicted molar refractivity (Wildman–Crippen MR) is 83.6 cm³/mol. The number of rotatable bonds is 3. The van der Waals surface area contributed by atoms with Gasteiger partial charge in [0, 0.05) is 22.9 Å². The third-order valence-corrected chi connectivity index (χ3v) is 4.14. The largest absolute Gasteiger partial charge is 0.305 e. The first-order valence-corrected chi connectivity index (χ1v) is 7.44. The van der Waals surface area contributed by atoms with Gasteiger partial charge in [0.05, 0.1) is 10.7 Å². The van der Waals surface area contributed by atoms with Gasteiger partial charge in [0.25, 0.3) is 0 Å². The van der Waals surface area contributed by atoms with E-state index in [0.717, 1.165) is 12.2 Å². The molecule has 0 aliphatic heterocycles. The number of nitrogens with zero attached hydrogens (tertiary/aromatic N) is 2. The highest BCUT2D eigenvalue weighted by atomic mass is 32.1. The molecule has 0 bridgehead atoms. The number of thiazole rings is 1. The van der Waals surface area contributed by atoms with Crippen LogP contribution in [0.1, 0.15) is 31.3 Å². The maximum Gasteiger partial charge on any atom is 0.0986 e. The lowest BCUT2D eigenvalue weighted by molar-refractivity contribution is 0.402. The summed E-state index contributed by atoms with van der Waals surface area (Å²) in [6.07, 6.45) is 0. The molecule has 3 heteroatoms. The highest BCUT2D eigenvalue weighted by molar-refractivity contribution is 7.10. The second-order valence-electron chi connectivity index (χ2n) is 6.23. The van der Waals surface area contributed by atoms with Crippen molar-refractivity contribution in [1.29, 1.82) is 0 Å². The second kappa shape index (κ2) is 5.43. The van der Waals surface area contributed by atoms with Gasteiger partial charge in [-0.15, -0.1) is 11.3 Å². The van der Waals surface area contributed by atoms with Gasteiger partial charge in [-0.05, 0) is 25.7 Å². The van der Waals surface area contributed by atoms with Crippen LogP contribution in [0.3, 0.4) is 0 Å². The Morgan fingerprint density at radius 3 is 2.53 bits per heavy atom. The van der Waals surface area contributed by atoms with Crippen LogP contribution in [0.25, 0.3) is 11.3 Å². The van der Waals surface area contributed by atoms with Gasteiger partial charge in [-0.2, -0.15) is 0 Å². The summed E-state index contributed by atoms with van der Waals surface area (Å²) >= 11 is 1.75. The summed E-state index contributed by atoms with van der Waals surface area (Å²) in [6.45, 7) is 7.58. The van der Waals surface area contributed by atoms with Crippen molar-refractivity contribution < 1.29 is 0 Å². The number of hydrogen-bond donors (Lipinski definition) is 0. The summed E-state index contributed by atoms with van der Waals surface area (Å²) in [6, 6.07) is 8.66. The molecule has 2 rings (SSSR count). The van der Waals surface area contributed by atoms with Crippen molar-refractivity contribution in [3.05, 3.63) is 40.2 Å². The molecule has 1 aromatic heterocycles. The van der Waals surface area contributed by atoms with E-state index in [0.29, 0.717) is 0 Å². The molecule has 102 valence electrons. The van der Waals surface area contributed by atoms with E-state index in [1.54, 1.807) is 11.3 Å². The molecule has 1 heterocycles. The molecular formula is C16H22N2S. The van der Waals surface area contributed by atoms with Gasteiger partial charge in [0.15, 0.2) is 0 Å². The zero-order valence-corrected chi connectivity index (χ0v) is 13.2. The smallest absolute Gasteiger partial charge is 0.0986 e. The molecule has 1 aromatic carbocycles. The molecule has 0 saturated carbocycles. The van der Waals surface area contributed by atoms with Crippen molar-refractivity contribution in [2.45, 2.75) is 32.7 Å². The van der Waals surface area contributed by atoms with Crippen molar-refractivity contribution in [2.24, 2.45) is 0 Å². The fourth-order valence-electron chi connectivity index (χ4n) is 1.94. The van der Waals surface area contributed by atoms with Crippen LogP contribution in [0.5, 0.6) is 0 Å². The molecule has 0 spiro atoms. The SMILES string of the molecule is CN(C)Cc1cccc(-c2csc(C(C)(C)C)n2)c1. The van der Waals surface area contributed by atoms with Crippen LogP contribution in [0.4, 0.5) is 0 Å². The van der Waals surface area contributed by atoms with E-state index in [9.17, 15) is 0 Å². The first-order valence-electron chi connectivity index (χ1n) is 6.56. The van der Waals surface area contributed by atoms with E-state index < -0.39 is 0 Å². The van der Waals surface area contributed by atoms with E-state index in [-0.39, 0.29) is 5.41 Å². The van der Waals surface area contributed by atoms with Crippen molar-refractivity contribution >= 4 is 11.3 Å². The molecule has 0 atom stereocenters. The van der Waals surface area contributed by atoms with E-state index in [2.05, 4.69) is 69.4 Å². The molecule has 0 saturated heterocycles. The Bertz CT molecular complexity index is 550. The molecular weight excluding hydrogens is 252 g/mol. The summed E-state index contributed by atoms with van der Waals surface area (Å²) in [5.74, 6) is 0. The molecule has 0 amide bonds. The second-order valence-corrected chi connectivity index (χ2v) is 7.08. The van der Waals surface area contributed by atoms with Gasteiger partial charge < -0.3 is 4.90 Å². The lowest BCUT2D eigenvalue weighted by Crippen LogP contribution is -2.10. The first kappa shape index (κ1) is 14.2. The minimum Gasteiger partial charge on any atom is -0.305 e. The van der Waals surface area contributed by atoms with Crippen molar-refractivity contribution in [1.82, 2.24) is 9.88 Å². The van der Waals surface area contributed by atoms with Crippen LogP contribution in [0, 0.1) is 0 Å². The summed E-state index contributed by atoms with van der Waals surface area (Å²) < 4.78 is 0. The quantitative estimate of drug-likeness (QED) is 0.835. The number of hydrogen-bond acceptors (Lipinski definition) is 3. The van der Waals surface area contributed by atoms with Gasteiger partial charge >= 0.3 is 0 Å². The standard InChI is InChI=1S/C16H22N2S/c1-16(2,3)15-17-14(11-19-15)13-8-6-7-12(9-13)10-18(4)5/h6-9,11H,10H2,1-5H3. The maximum atomic E-state index is 4.78. The van der Waals surface area contributed by atoms with Gasteiger partial charge in [-0.25, -0.2) is 4.98 Å². The zero-order chi connectivity index (χ0) is 14.0. The average Bonchev–Trinajstić information content (AvgIpc) is 2.77. The predicted octanol–water partition coefficient (Wildman–Crippen LogP) is 4.17. The normalized spacial score (nSPS) is 12.1. The van der Waals surface area contributed by atoms with E-state index in [1.807, 2.05) is 0 Å². The maximum absolute atomic E-state index is 4.78. The van der Waals surface area contributed by atoms with Crippen molar-refractivity contribution in [3.8, 4) is 11.3 Å². The van der Waals surface area contributed by atoms with Gasteiger partial charge in [-0.1, -0.05) is 39.0 Å². The van der Waals surface area contributed by atoms with Crippen LogP contribution >= 0.6 is 11.3 Å². The van der Waals surface area contributed by atoms with E-state index in [4.69, 9.17) is 4.98 Å². The first-order chi connectivity index (χ1) is 8.86. The summed E-state index contributed by atoms with van der Waals surface area (Å²) in [5, 5.41) is 3.36. The van der Waals surface area contributed by atoms with Crippen molar-refractivity contribution in [3.63, 3.8) is 0 Å². The highest BCUT2D eigenvalue weighted by Crippen LogP contribution is 2.30. The zero-order valence-electron chi connectivity index (χ0n) is 12.4. The summed E-state index contributed by atoms with van der Waals surface area (Å²) in [5.41, 5.74) is 3.76. The Balaban J connectivity index is 2.29. The Kier molecular flexibility index (Phi) is 4.07. The Morgan fingerprint density at radius 2 is 1.95 bits per heavy atom. The Hall–Kier alpha value is -1.19. The van der Waals surface area contributed by atoms with E-state index in [1.165, 1.54) is 16.1 Å². The highest BCUT2D eigenvalue weighted by Gasteiger charge is 2.18. The Labute approximate surface area is 120 Å². The molecule has 0 fully saturated rings. The number of aromatic nitrogens is 1. The lowest BCUT2D eigenvalue weighted by Gasteiger charge is -2.13.